The van der Waals surface area contributed by atoms with Gasteiger partial charge in [0, 0.05) is 26.3 Å². The molecule has 6 nitrogen and oxygen atoms in total. The molecule has 0 aliphatic heterocycles. The average molecular weight is 277 g/mol. The fourth-order valence-corrected chi connectivity index (χ4v) is 3.26. The normalized spacial score (nSPS) is 12.3. The summed E-state index contributed by atoms with van der Waals surface area (Å²) in [5, 5.41) is 8.96. The fraction of sp³-hybridized carbons (Fsp3) is 0.636. The van der Waals surface area contributed by atoms with Gasteiger partial charge in [-0.3, -0.25) is 0 Å². The summed E-state index contributed by atoms with van der Waals surface area (Å²) in [6.07, 6.45) is 0. The van der Waals surface area contributed by atoms with Crippen molar-refractivity contribution >= 4 is 10.0 Å². The Bertz CT molecular complexity index is 480. The first kappa shape index (κ1) is 15.2. The summed E-state index contributed by atoms with van der Waals surface area (Å²) >= 11 is 0. The predicted octanol–water partition coefficient (Wildman–Crippen LogP) is 0.737. The topological polar surface area (TPSA) is 80.0 Å². The number of methoxy groups -OCH3 is 1. The van der Waals surface area contributed by atoms with Crippen LogP contribution in [-0.4, -0.2) is 44.6 Å². The van der Waals surface area contributed by atoms with Crippen LogP contribution in [0.15, 0.2) is 15.4 Å². The van der Waals surface area contributed by atoms with Crippen LogP contribution in [0.2, 0.25) is 0 Å². The molecule has 0 atom stereocenters. The SMILES string of the molecule is CCN(CCOC)S(=O)(=O)c1cc(CO)oc1C. The maximum absolute atomic E-state index is 12.3. The highest BCUT2D eigenvalue weighted by atomic mass is 32.2. The summed E-state index contributed by atoms with van der Waals surface area (Å²) in [6, 6.07) is 1.36. The number of aliphatic hydroxyl groups excluding tert-OH is 1. The summed E-state index contributed by atoms with van der Waals surface area (Å²) in [5.41, 5.74) is 0. The highest BCUT2D eigenvalue weighted by Crippen LogP contribution is 2.23. The van der Waals surface area contributed by atoms with Crippen LogP contribution >= 0.6 is 0 Å². The van der Waals surface area contributed by atoms with Crippen LogP contribution in [0.3, 0.4) is 0 Å². The second kappa shape index (κ2) is 6.33. The molecule has 0 spiro atoms. The van der Waals surface area contributed by atoms with E-state index >= 15 is 0 Å². The van der Waals surface area contributed by atoms with Gasteiger partial charge in [0.25, 0.3) is 0 Å². The van der Waals surface area contributed by atoms with E-state index in [4.69, 9.17) is 14.3 Å². The molecule has 1 aromatic rings. The second-order valence-corrected chi connectivity index (χ2v) is 5.69. The Balaban J connectivity index is 3.06. The molecule has 1 aromatic heterocycles. The quantitative estimate of drug-likeness (QED) is 0.795. The lowest BCUT2D eigenvalue weighted by molar-refractivity contribution is 0.180. The standard InChI is InChI=1S/C11H19NO5S/c1-4-12(5-6-16-3)18(14,15)11-7-10(8-13)17-9(11)2/h7,13H,4-6,8H2,1-3H3. The Morgan fingerprint density at radius 1 is 1.50 bits per heavy atom. The molecule has 0 radical (unpaired) electrons. The zero-order chi connectivity index (χ0) is 13.8. The van der Waals surface area contributed by atoms with E-state index in [1.807, 2.05) is 0 Å². The van der Waals surface area contributed by atoms with E-state index in [1.165, 1.54) is 17.5 Å². The zero-order valence-corrected chi connectivity index (χ0v) is 11.7. The summed E-state index contributed by atoms with van der Waals surface area (Å²) in [7, 11) is -2.07. The van der Waals surface area contributed by atoms with Crippen molar-refractivity contribution in [1.29, 1.82) is 0 Å². The third-order valence-electron chi connectivity index (χ3n) is 2.59. The van der Waals surface area contributed by atoms with E-state index in [9.17, 15) is 8.42 Å². The smallest absolute Gasteiger partial charge is 0.246 e. The molecule has 1 heterocycles. The van der Waals surface area contributed by atoms with Gasteiger partial charge in [-0.15, -0.1) is 0 Å². The number of aryl methyl sites for hydroxylation is 1. The first-order valence-electron chi connectivity index (χ1n) is 5.66. The van der Waals surface area contributed by atoms with Crippen molar-refractivity contribution in [1.82, 2.24) is 4.31 Å². The summed E-state index contributed by atoms with van der Waals surface area (Å²) in [4.78, 5) is 0.101. The Labute approximate surface area is 107 Å². The van der Waals surface area contributed by atoms with Gasteiger partial charge < -0.3 is 14.3 Å². The van der Waals surface area contributed by atoms with Crippen molar-refractivity contribution in [3.05, 3.63) is 17.6 Å². The molecule has 0 aliphatic carbocycles. The van der Waals surface area contributed by atoms with Crippen molar-refractivity contribution in [2.24, 2.45) is 0 Å². The van der Waals surface area contributed by atoms with Gasteiger partial charge in [0.15, 0.2) is 0 Å². The van der Waals surface area contributed by atoms with Gasteiger partial charge in [0.2, 0.25) is 10.0 Å². The van der Waals surface area contributed by atoms with Crippen LogP contribution in [0.4, 0.5) is 0 Å². The molecule has 0 saturated heterocycles. The van der Waals surface area contributed by atoms with Gasteiger partial charge in [-0.05, 0) is 6.92 Å². The molecule has 0 unspecified atom stereocenters. The van der Waals surface area contributed by atoms with E-state index < -0.39 is 10.0 Å². The number of likely N-dealkylation sites (N-methyl/N-ethyl adjacent to an activating group) is 1. The van der Waals surface area contributed by atoms with Crippen LogP contribution < -0.4 is 0 Å². The van der Waals surface area contributed by atoms with E-state index in [1.54, 1.807) is 13.8 Å². The number of ether oxygens (including phenoxy) is 1. The molecule has 0 bridgehead atoms. The largest absolute Gasteiger partial charge is 0.462 e. The summed E-state index contributed by atoms with van der Waals surface area (Å²) in [6.45, 7) is 3.97. The maximum Gasteiger partial charge on any atom is 0.246 e. The Morgan fingerprint density at radius 2 is 2.17 bits per heavy atom. The van der Waals surface area contributed by atoms with Gasteiger partial charge in [0.1, 0.15) is 23.0 Å². The maximum atomic E-state index is 12.3. The molecule has 0 aromatic carbocycles. The van der Waals surface area contributed by atoms with Gasteiger partial charge in [-0.1, -0.05) is 6.92 Å². The average Bonchev–Trinajstić information content (AvgIpc) is 2.72. The molecular weight excluding hydrogens is 258 g/mol. The minimum Gasteiger partial charge on any atom is -0.462 e. The number of hydrogen-bond acceptors (Lipinski definition) is 5. The lowest BCUT2D eigenvalue weighted by Crippen LogP contribution is -2.33. The molecule has 0 fully saturated rings. The van der Waals surface area contributed by atoms with E-state index in [-0.39, 0.29) is 29.6 Å². The highest BCUT2D eigenvalue weighted by molar-refractivity contribution is 7.89. The fourth-order valence-electron chi connectivity index (χ4n) is 1.64. The van der Waals surface area contributed by atoms with Crippen LogP contribution in [0, 0.1) is 6.92 Å². The number of aliphatic hydroxyl groups is 1. The first-order valence-corrected chi connectivity index (χ1v) is 7.10. The van der Waals surface area contributed by atoms with E-state index in [0.717, 1.165) is 0 Å². The van der Waals surface area contributed by atoms with Crippen molar-refractivity contribution in [2.75, 3.05) is 26.8 Å². The Kier molecular flexibility index (Phi) is 5.33. The number of sulfonamides is 1. The van der Waals surface area contributed by atoms with Crippen LogP contribution in [0.1, 0.15) is 18.4 Å². The van der Waals surface area contributed by atoms with Crippen LogP contribution in [0.25, 0.3) is 0 Å². The lowest BCUT2D eigenvalue weighted by atomic mass is 10.4. The van der Waals surface area contributed by atoms with Crippen molar-refractivity contribution in [3.8, 4) is 0 Å². The molecule has 0 amide bonds. The third-order valence-corrected chi connectivity index (χ3v) is 4.68. The van der Waals surface area contributed by atoms with Crippen molar-refractivity contribution in [2.45, 2.75) is 25.3 Å². The van der Waals surface area contributed by atoms with Gasteiger partial charge in [-0.25, -0.2) is 8.42 Å². The molecule has 7 heteroatoms. The number of hydrogen-bond donors (Lipinski definition) is 1. The first-order chi connectivity index (χ1) is 8.47. The summed E-state index contributed by atoms with van der Waals surface area (Å²) < 4.78 is 36.1. The highest BCUT2D eigenvalue weighted by Gasteiger charge is 2.27. The molecule has 1 rings (SSSR count). The second-order valence-electron chi connectivity index (χ2n) is 3.78. The minimum absolute atomic E-state index is 0.101. The van der Waals surface area contributed by atoms with E-state index in [0.29, 0.717) is 13.2 Å². The molecule has 0 saturated carbocycles. The monoisotopic (exact) mass is 277 g/mol. The molecule has 18 heavy (non-hydrogen) atoms. The number of furan rings is 1. The Hall–Kier alpha value is -0.890. The van der Waals surface area contributed by atoms with Crippen LogP contribution in [-0.2, 0) is 21.4 Å². The predicted molar refractivity (Wildman–Crippen MR) is 65.7 cm³/mol. The van der Waals surface area contributed by atoms with Crippen molar-refractivity contribution < 1.29 is 22.7 Å². The molecular formula is C11H19NO5S. The zero-order valence-electron chi connectivity index (χ0n) is 10.8. The van der Waals surface area contributed by atoms with E-state index in [2.05, 4.69) is 0 Å². The molecule has 104 valence electrons. The van der Waals surface area contributed by atoms with Gasteiger partial charge >= 0.3 is 0 Å². The third kappa shape index (κ3) is 3.11. The Morgan fingerprint density at radius 3 is 2.61 bits per heavy atom. The van der Waals surface area contributed by atoms with Gasteiger partial charge in [-0.2, -0.15) is 4.31 Å². The van der Waals surface area contributed by atoms with Crippen LogP contribution in [0.5, 0.6) is 0 Å². The lowest BCUT2D eigenvalue weighted by Gasteiger charge is -2.19. The summed E-state index contributed by atoms with van der Waals surface area (Å²) in [5.74, 6) is 0.531. The number of nitrogens with zero attached hydrogens (tertiary/aromatic N) is 1. The van der Waals surface area contributed by atoms with Crippen molar-refractivity contribution in [3.63, 3.8) is 0 Å². The van der Waals surface area contributed by atoms with Gasteiger partial charge in [0.05, 0.1) is 6.61 Å². The molecule has 1 N–H and O–H groups in total. The molecule has 0 aliphatic rings. The number of rotatable bonds is 7. The minimum atomic E-state index is -3.59.